The minimum Gasteiger partial charge on any atom is -0.346 e. The van der Waals surface area contributed by atoms with Crippen molar-refractivity contribution in [3.8, 4) is 23.4 Å². The van der Waals surface area contributed by atoms with E-state index in [1.165, 1.54) is 12.4 Å². The summed E-state index contributed by atoms with van der Waals surface area (Å²) in [6.07, 6.45) is 7.06. The third-order valence-electron chi connectivity index (χ3n) is 5.62. The van der Waals surface area contributed by atoms with Crippen LogP contribution in [0.2, 0.25) is 0 Å². The van der Waals surface area contributed by atoms with E-state index in [2.05, 4.69) is 31.4 Å². The number of carbonyl (C=O) groups excluding carboxylic acids is 1. The van der Waals surface area contributed by atoms with Gasteiger partial charge in [0.15, 0.2) is 0 Å². The Balaban J connectivity index is 1.43. The molecule has 1 amide bonds. The van der Waals surface area contributed by atoms with Crippen LogP contribution in [0.5, 0.6) is 0 Å². The molecule has 2 N–H and O–H groups in total. The fraction of sp³-hybridized carbons (Fsp3) is 0.0769. The van der Waals surface area contributed by atoms with Crippen molar-refractivity contribution in [2.24, 2.45) is 0 Å². The molecule has 2 aromatic carbocycles. The number of amides is 1. The Bertz CT molecular complexity index is 1620. The van der Waals surface area contributed by atoms with E-state index in [1.54, 1.807) is 35.1 Å². The average molecular weight is 458 g/mol. The fourth-order valence-corrected chi connectivity index (χ4v) is 3.94. The molecule has 0 saturated heterocycles. The third-order valence-corrected chi connectivity index (χ3v) is 5.62. The molecule has 9 heteroatoms. The predicted molar refractivity (Wildman–Crippen MR) is 129 cm³/mol. The van der Waals surface area contributed by atoms with E-state index in [9.17, 15) is 10.1 Å². The minimum atomic E-state index is -0.365. The van der Waals surface area contributed by atoms with Crippen molar-refractivity contribution in [2.75, 3.05) is 5.32 Å². The largest absolute Gasteiger partial charge is 0.346 e. The van der Waals surface area contributed by atoms with Gasteiger partial charge in [0.05, 0.1) is 42.1 Å². The summed E-state index contributed by atoms with van der Waals surface area (Å²) in [4.78, 5) is 24.4. The highest BCUT2D eigenvalue weighted by molar-refractivity contribution is 6.04. The van der Waals surface area contributed by atoms with Crippen LogP contribution in [0.15, 0.2) is 79.5 Å². The Morgan fingerprint density at radius 1 is 1.11 bits per heavy atom. The van der Waals surface area contributed by atoms with E-state index in [4.69, 9.17) is 5.26 Å². The molecule has 3 heterocycles. The number of fused-ring (bicyclic) bond motifs is 1. The number of anilines is 1. The topological polar surface area (TPSA) is 136 Å². The van der Waals surface area contributed by atoms with Crippen LogP contribution < -0.4 is 5.32 Å². The Labute approximate surface area is 200 Å². The van der Waals surface area contributed by atoms with Crippen molar-refractivity contribution in [2.45, 2.75) is 12.5 Å². The number of aromatic amines is 1. The minimum absolute atomic E-state index is 0.187. The number of nitrogens with one attached hydrogen (secondary N) is 2. The highest BCUT2D eigenvalue weighted by atomic mass is 16.1. The number of carbonyl (C=O) groups is 1. The quantitative estimate of drug-likeness (QED) is 0.386. The van der Waals surface area contributed by atoms with E-state index in [1.807, 2.05) is 42.7 Å². The highest BCUT2D eigenvalue weighted by Crippen LogP contribution is 2.29. The lowest BCUT2D eigenvalue weighted by Gasteiger charge is -2.16. The monoisotopic (exact) mass is 458 g/mol. The maximum atomic E-state index is 12.7. The van der Waals surface area contributed by atoms with Crippen LogP contribution in [0.4, 0.5) is 5.69 Å². The zero-order chi connectivity index (χ0) is 24.2. The molecule has 0 aliphatic carbocycles. The first-order valence-electron chi connectivity index (χ1n) is 10.8. The molecule has 9 nitrogen and oxygen atoms in total. The van der Waals surface area contributed by atoms with E-state index in [-0.39, 0.29) is 18.4 Å². The molecule has 35 heavy (non-hydrogen) atoms. The molecular weight excluding hydrogens is 440 g/mol. The maximum absolute atomic E-state index is 12.7. The molecule has 3 aromatic heterocycles. The van der Waals surface area contributed by atoms with Crippen LogP contribution in [0.1, 0.15) is 33.9 Å². The summed E-state index contributed by atoms with van der Waals surface area (Å²) in [6, 6.07) is 19.6. The van der Waals surface area contributed by atoms with E-state index < -0.39 is 0 Å². The molecule has 0 spiro atoms. The zero-order valence-corrected chi connectivity index (χ0v) is 18.4. The lowest BCUT2D eigenvalue weighted by molar-refractivity contribution is 0.102. The molecule has 0 aliphatic heterocycles. The van der Waals surface area contributed by atoms with Crippen molar-refractivity contribution in [1.82, 2.24) is 24.7 Å². The van der Waals surface area contributed by atoms with Crippen LogP contribution in [0.25, 0.3) is 22.3 Å². The fourth-order valence-electron chi connectivity index (χ4n) is 3.94. The Kier molecular flexibility index (Phi) is 5.73. The number of benzene rings is 2. The molecule has 5 rings (SSSR count). The van der Waals surface area contributed by atoms with Crippen LogP contribution in [-0.2, 0) is 0 Å². The lowest BCUT2D eigenvalue weighted by Crippen LogP contribution is -2.14. The van der Waals surface area contributed by atoms with Crippen LogP contribution in [-0.4, -0.2) is 30.6 Å². The molecule has 0 fully saturated rings. The van der Waals surface area contributed by atoms with Gasteiger partial charge in [0.1, 0.15) is 12.0 Å². The normalized spacial score (nSPS) is 11.5. The smallest absolute Gasteiger partial charge is 0.255 e. The second kappa shape index (κ2) is 9.30. The van der Waals surface area contributed by atoms with Gasteiger partial charge < -0.3 is 10.3 Å². The van der Waals surface area contributed by atoms with E-state index >= 15 is 0 Å². The first-order valence-corrected chi connectivity index (χ1v) is 10.8. The maximum Gasteiger partial charge on any atom is 0.255 e. The third kappa shape index (κ3) is 4.34. The van der Waals surface area contributed by atoms with E-state index in [0.29, 0.717) is 16.8 Å². The SMILES string of the molecule is N#CCC(c1cccc(NC(=O)c2cccc(C#N)c2)c1)n1cc(-c2ncnc3[nH]ccc23)cn1. The van der Waals surface area contributed by atoms with Gasteiger partial charge in [-0.2, -0.15) is 15.6 Å². The van der Waals surface area contributed by atoms with Crippen LogP contribution in [0, 0.1) is 22.7 Å². The molecule has 0 radical (unpaired) electrons. The summed E-state index contributed by atoms with van der Waals surface area (Å²) in [5, 5.41) is 26.8. The van der Waals surface area contributed by atoms with Crippen molar-refractivity contribution in [3.63, 3.8) is 0 Å². The van der Waals surface area contributed by atoms with Gasteiger partial charge in [-0.1, -0.05) is 18.2 Å². The number of H-pyrrole nitrogens is 1. The molecule has 168 valence electrons. The Morgan fingerprint density at radius 3 is 2.86 bits per heavy atom. The molecular formula is C26H18N8O. The highest BCUT2D eigenvalue weighted by Gasteiger charge is 2.18. The van der Waals surface area contributed by atoms with Crippen LogP contribution >= 0.6 is 0 Å². The Hall–Kier alpha value is -5.28. The number of nitriles is 2. The van der Waals surface area contributed by atoms with Crippen molar-refractivity contribution >= 4 is 22.6 Å². The molecule has 1 unspecified atom stereocenters. The van der Waals surface area contributed by atoms with Crippen LogP contribution in [0.3, 0.4) is 0 Å². The summed E-state index contributed by atoms with van der Waals surface area (Å²) in [6.45, 7) is 0. The Morgan fingerprint density at radius 2 is 2.00 bits per heavy atom. The number of hydrogen-bond acceptors (Lipinski definition) is 6. The summed E-state index contributed by atoms with van der Waals surface area (Å²) >= 11 is 0. The van der Waals surface area contributed by atoms with Gasteiger partial charge in [0, 0.05) is 34.6 Å². The first kappa shape index (κ1) is 21.6. The molecule has 5 aromatic rings. The van der Waals surface area contributed by atoms with Gasteiger partial charge in [-0.05, 0) is 42.0 Å². The number of nitrogens with zero attached hydrogens (tertiary/aromatic N) is 6. The lowest BCUT2D eigenvalue weighted by atomic mass is 10.0. The van der Waals surface area contributed by atoms with Gasteiger partial charge >= 0.3 is 0 Å². The summed E-state index contributed by atoms with van der Waals surface area (Å²) in [5.41, 5.74) is 4.49. The second-order valence-electron chi connectivity index (χ2n) is 7.82. The molecule has 0 saturated carbocycles. The van der Waals surface area contributed by atoms with Crippen molar-refractivity contribution in [1.29, 1.82) is 10.5 Å². The van der Waals surface area contributed by atoms with Gasteiger partial charge in [-0.25, -0.2) is 9.97 Å². The summed E-state index contributed by atoms with van der Waals surface area (Å²) < 4.78 is 1.73. The standard InChI is InChI=1S/C26H18N8O/c27-9-7-23(34-15-20(14-32-34)24-22-8-10-29-25(22)31-16-30-24)18-4-2-6-21(12-18)33-26(35)19-5-1-3-17(11-19)13-28/h1-6,8,10-12,14-16,23H,7H2,(H,33,35)(H,29,30,31). The summed E-state index contributed by atoms with van der Waals surface area (Å²) in [7, 11) is 0. The predicted octanol–water partition coefficient (Wildman–Crippen LogP) is 4.45. The zero-order valence-electron chi connectivity index (χ0n) is 18.4. The molecule has 0 aliphatic rings. The van der Waals surface area contributed by atoms with Gasteiger partial charge in [0.2, 0.25) is 0 Å². The average Bonchev–Trinajstić information content (AvgIpc) is 3.57. The number of aromatic nitrogens is 5. The number of rotatable bonds is 6. The second-order valence-corrected chi connectivity index (χ2v) is 7.82. The van der Waals surface area contributed by atoms with Gasteiger partial charge in [-0.3, -0.25) is 9.48 Å². The van der Waals surface area contributed by atoms with Gasteiger partial charge in [-0.15, -0.1) is 0 Å². The van der Waals surface area contributed by atoms with Crippen molar-refractivity contribution in [3.05, 3.63) is 96.2 Å². The molecule has 1 atom stereocenters. The van der Waals surface area contributed by atoms with Gasteiger partial charge in [0.25, 0.3) is 5.91 Å². The number of hydrogen-bond donors (Lipinski definition) is 2. The summed E-state index contributed by atoms with van der Waals surface area (Å²) in [5.74, 6) is -0.322. The molecule has 0 bridgehead atoms. The van der Waals surface area contributed by atoms with Crippen molar-refractivity contribution < 1.29 is 4.79 Å². The van der Waals surface area contributed by atoms with E-state index in [0.717, 1.165) is 27.9 Å². The first-order chi connectivity index (χ1) is 17.2.